The first-order valence-corrected chi connectivity index (χ1v) is 12.5. The fourth-order valence-electron chi connectivity index (χ4n) is 4.17. The summed E-state index contributed by atoms with van der Waals surface area (Å²) < 4.78 is 5.46. The predicted octanol–water partition coefficient (Wildman–Crippen LogP) is 7.41. The molecule has 0 radical (unpaired) electrons. The van der Waals surface area contributed by atoms with E-state index in [1.807, 2.05) is 30.0 Å². The number of hydrogen-bond acceptors (Lipinski definition) is 4. The van der Waals surface area contributed by atoms with E-state index in [1.165, 1.54) is 38.5 Å². The number of benzene rings is 2. The third-order valence-corrected chi connectivity index (χ3v) is 7.56. The van der Waals surface area contributed by atoms with Crippen molar-refractivity contribution in [1.82, 2.24) is 0 Å². The number of unbranched alkanes of at least 4 members (excludes halogenated alkanes) is 2. The van der Waals surface area contributed by atoms with Crippen molar-refractivity contribution in [3.8, 4) is 5.75 Å². The van der Waals surface area contributed by atoms with Gasteiger partial charge in [-0.15, -0.1) is 11.8 Å². The lowest BCUT2D eigenvalue weighted by molar-refractivity contribution is -0.139. The minimum atomic E-state index is -1.01. The second kappa shape index (κ2) is 11.1. The Balaban J connectivity index is 2.04. The van der Waals surface area contributed by atoms with Crippen molar-refractivity contribution in [1.29, 1.82) is 0 Å². The van der Waals surface area contributed by atoms with Crippen LogP contribution in [0.4, 0.5) is 11.4 Å². The van der Waals surface area contributed by atoms with Crippen LogP contribution < -0.4 is 9.64 Å². The number of para-hydroxylation sites is 1. The maximum absolute atomic E-state index is 11.0. The van der Waals surface area contributed by atoms with E-state index in [0.717, 1.165) is 28.6 Å². The van der Waals surface area contributed by atoms with Crippen molar-refractivity contribution in [2.75, 3.05) is 23.8 Å². The van der Waals surface area contributed by atoms with Crippen LogP contribution in [0.15, 0.2) is 47.4 Å². The quantitative estimate of drug-likeness (QED) is 0.399. The molecule has 0 aromatic heterocycles. The number of halogens is 1. The zero-order valence-corrected chi connectivity index (χ0v) is 20.0. The van der Waals surface area contributed by atoms with E-state index in [2.05, 4.69) is 43.0 Å². The number of nitrogens with zero attached hydrogens (tertiary/aromatic N) is 1. The largest absolute Gasteiger partial charge is 0.480 e. The molecule has 0 saturated carbocycles. The van der Waals surface area contributed by atoms with E-state index in [4.69, 9.17) is 21.4 Å². The van der Waals surface area contributed by atoms with Gasteiger partial charge in [-0.3, -0.25) is 0 Å². The third-order valence-electron chi connectivity index (χ3n) is 5.87. The van der Waals surface area contributed by atoms with Gasteiger partial charge in [0, 0.05) is 22.9 Å². The van der Waals surface area contributed by atoms with Gasteiger partial charge in [0.2, 0.25) is 0 Å². The number of ether oxygens (including phenoxy) is 1. The van der Waals surface area contributed by atoms with Crippen LogP contribution in [-0.4, -0.2) is 30.0 Å². The van der Waals surface area contributed by atoms with Crippen LogP contribution >= 0.6 is 23.4 Å². The number of anilines is 2. The van der Waals surface area contributed by atoms with Crippen molar-refractivity contribution in [2.45, 2.75) is 57.3 Å². The molecule has 2 aromatic carbocycles. The van der Waals surface area contributed by atoms with Crippen LogP contribution in [0.3, 0.4) is 0 Å². The molecule has 3 rings (SSSR count). The molecule has 0 amide bonds. The minimum Gasteiger partial charge on any atom is -0.480 e. The van der Waals surface area contributed by atoms with E-state index in [0.29, 0.717) is 10.8 Å². The van der Waals surface area contributed by atoms with E-state index >= 15 is 0 Å². The Kier molecular flexibility index (Phi) is 8.56. The van der Waals surface area contributed by atoms with Gasteiger partial charge in [-0.25, -0.2) is 4.79 Å². The van der Waals surface area contributed by atoms with Gasteiger partial charge < -0.3 is 14.7 Å². The first-order valence-electron chi connectivity index (χ1n) is 11.1. The Morgan fingerprint density at radius 2 is 1.84 bits per heavy atom. The molecule has 0 spiro atoms. The number of aliphatic carboxylic acids is 1. The zero-order valence-electron chi connectivity index (χ0n) is 18.4. The van der Waals surface area contributed by atoms with Crippen molar-refractivity contribution < 1.29 is 14.6 Å². The van der Waals surface area contributed by atoms with Gasteiger partial charge in [-0.05, 0) is 42.5 Å². The van der Waals surface area contributed by atoms with Crippen molar-refractivity contribution in [2.24, 2.45) is 5.41 Å². The maximum Gasteiger partial charge on any atom is 0.341 e. The molecule has 1 heterocycles. The average molecular weight is 462 g/mol. The summed E-state index contributed by atoms with van der Waals surface area (Å²) in [7, 11) is 0. The molecule has 0 saturated heterocycles. The van der Waals surface area contributed by atoms with Crippen LogP contribution in [0.2, 0.25) is 5.02 Å². The van der Waals surface area contributed by atoms with Gasteiger partial charge >= 0.3 is 5.97 Å². The van der Waals surface area contributed by atoms with Gasteiger partial charge in [0.15, 0.2) is 6.61 Å². The second-order valence-corrected chi connectivity index (χ2v) is 9.77. The Hall–Kier alpha value is -1.85. The summed E-state index contributed by atoms with van der Waals surface area (Å²) in [4.78, 5) is 14.5. The SMILES string of the molecule is CCCCC1(CCCC)CSc2cc(OCC(=O)O)c(Cl)cc2N(c2ccccc2)C1. The predicted molar refractivity (Wildman–Crippen MR) is 130 cm³/mol. The minimum absolute atomic E-state index is 0.208. The highest BCUT2D eigenvalue weighted by molar-refractivity contribution is 7.99. The fraction of sp³-hybridized carbons (Fsp3) is 0.480. The normalized spacial score (nSPS) is 15.3. The van der Waals surface area contributed by atoms with Crippen molar-refractivity contribution in [3.05, 3.63) is 47.5 Å². The number of thioether (sulfide) groups is 1. The lowest BCUT2D eigenvalue weighted by Gasteiger charge is -2.37. The summed E-state index contributed by atoms with van der Waals surface area (Å²) in [5, 5.41) is 9.43. The Morgan fingerprint density at radius 1 is 1.16 bits per heavy atom. The van der Waals surface area contributed by atoms with Crippen molar-refractivity contribution in [3.63, 3.8) is 0 Å². The van der Waals surface area contributed by atoms with Crippen LogP contribution in [0.1, 0.15) is 52.4 Å². The zero-order chi connectivity index (χ0) is 22.3. The Labute approximate surface area is 194 Å². The summed E-state index contributed by atoms with van der Waals surface area (Å²) in [5.74, 6) is 0.448. The summed E-state index contributed by atoms with van der Waals surface area (Å²) in [6, 6.07) is 14.3. The first kappa shape index (κ1) is 23.8. The average Bonchev–Trinajstić information content (AvgIpc) is 2.93. The molecule has 31 heavy (non-hydrogen) atoms. The van der Waals surface area contributed by atoms with E-state index in [-0.39, 0.29) is 5.41 Å². The Morgan fingerprint density at radius 3 is 2.45 bits per heavy atom. The van der Waals surface area contributed by atoms with E-state index in [1.54, 1.807) is 0 Å². The molecule has 1 aliphatic heterocycles. The van der Waals surface area contributed by atoms with Crippen molar-refractivity contribution >= 4 is 40.7 Å². The van der Waals surface area contributed by atoms with Crippen LogP contribution in [0.25, 0.3) is 0 Å². The molecular weight excluding hydrogens is 430 g/mol. The smallest absolute Gasteiger partial charge is 0.341 e. The van der Waals surface area contributed by atoms with Gasteiger partial charge in [0.25, 0.3) is 0 Å². The highest BCUT2D eigenvalue weighted by Gasteiger charge is 2.36. The number of fused-ring (bicyclic) bond motifs is 1. The molecule has 2 aromatic rings. The Bertz CT molecular complexity index is 867. The number of hydrogen-bond donors (Lipinski definition) is 1. The maximum atomic E-state index is 11.0. The number of carbonyl (C=O) groups is 1. The number of rotatable bonds is 10. The molecule has 168 valence electrons. The molecule has 1 N–H and O–H groups in total. The molecule has 0 atom stereocenters. The molecule has 6 heteroatoms. The van der Waals surface area contributed by atoms with Crippen LogP contribution in [-0.2, 0) is 4.79 Å². The molecule has 0 unspecified atom stereocenters. The van der Waals surface area contributed by atoms with Gasteiger partial charge in [0.1, 0.15) is 5.75 Å². The van der Waals surface area contributed by atoms with E-state index in [9.17, 15) is 4.79 Å². The first-order chi connectivity index (χ1) is 15.0. The van der Waals surface area contributed by atoms with E-state index < -0.39 is 12.6 Å². The summed E-state index contributed by atoms with van der Waals surface area (Å²) in [5.41, 5.74) is 2.43. The topological polar surface area (TPSA) is 49.8 Å². The van der Waals surface area contributed by atoms with Crippen LogP contribution in [0, 0.1) is 5.41 Å². The third kappa shape index (κ3) is 6.11. The fourth-order valence-corrected chi connectivity index (χ4v) is 5.73. The molecular formula is C25H32ClNO3S. The summed E-state index contributed by atoms with van der Waals surface area (Å²) >= 11 is 8.38. The molecule has 0 fully saturated rings. The van der Waals surface area contributed by atoms with Crippen LogP contribution in [0.5, 0.6) is 5.75 Å². The monoisotopic (exact) mass is 461 g/mol. The molecule has 0 aliphatic carbocycles. The summed E-state index contributed by atoms with van der Waals surface area (Å²) in [6.45, 7) is 5.06. The molecule has 4 nitrogen and oxygen atoms in total. The number of carboxylic acid groups (broad SMARTS) is 1. The highest BCUT2D eigenvalue weighted by atomic mass is 35.5. The lowest BCUT2D eigenvalue weighted by atomic mass is 9.79. The molecule has 1 aliphatic rings. The van der Waals surface area contributed by atoms with Gasteiger partial charge in [0.05, 0.1) is 10.7 Å². The second-order valence-electron chi connectivity index (χ2n) is 8.35. The highest BCUT2D eigenvalue weighted by Crippen LogP contribution is 2.49. The van der Waals surface area contributed by atoms with Gasteiger partial charge in [-0.2, -0.15) is 0 Å². The molecule has 0 bridgehead atoms. The van der Waals surface area contributed by atoms with Gasteiger partial charge in [-0.1, -0.05) is 69.3 Å². The standard InChI is InChI=1S/C25H32ClNO3S/c1-3-5-12-25(13-6-4-2)17-27(19-10-8-7-9-11-19)21-14-20(26)22(30-16-24(28)29)15-23(21)31-18-25/h7-11,14-15H,3-6,12-13,16-18H2,1-2H3,(H,28,29). The summed E-state index contributed by atoms with van der Waals surface area (Å²) in [6.07, 6.45) is 7.22. The lowest BCUT2D eigenvalue weighted by Crippen LogP contribution is -2.36. The number of carboxylic acids is 1.